The fraction of sp³-hybridized carbons (Fsp3) is 0.300. The Balaban J connectivity index is 1.83. The van der Waals surface area contributed by atoms with Crippen molar-refractivity contribution in [3.8, 4) is 17.2 Å². The van der Waals surface area contributed by atoms with Gasteiger partial charge in [0.25, 0.3) is 0 Å². The van der Waals surface area contributed by atoms with Gasteiger partial charge in [-0.05, 0) is 49.2 Å². The lowest BCUT2D eigenvalue weighted by atomic mass is 10.2. The molecule has 168 valence electrons. The monoisotopic (exact) mass is 462 g/mol. The van der Waals surface area contributed by atoms with Crippen LogP contribution in [0.3, 0.4) is 0 Å². The number of alkyl halides is 4. The van der Waals surface area contributed by atoms with Gasteiger partial charge < -0.3 is 14.2 Å². The summed E-state index contributed by atoms with van der Waals surface area (Å²) >= 11 is 5.94. The van der Waals surface area contributed by atoms with Crippen LogP contribution in [0.1, 0.15) is 24.0 Å². The number of carbonyl (C=O) groups is 1. The normalized spacial score (nSPS) is 11.2. The Morgan fingerprint density at radius 2 is 1.81 bits per heavy atom. The van der Waals surface area contributed by atoms with Gasteiger partial charge in [0, 0.05) is 23.1 Å². The second-order valence-electron chi connectivity index (χ2n) is 6.11. The molecule has 0 unspecified atom stereocenters. The van der Waals surface area contributed by atoms with Gasteiger partial charge in [-0.2, -0.15) is 22.7 Å². The summed E-state index contributed by atoms with van der Waals surface area (Å²) < 4.78 is 63.6. The largest absolute Gasteiger partial charge is 0.494 e. The van der Waals surface area contributed by atoms with Crippen molar-refractivity contribution in [1.82, 2.24) is 5.43 Å². The van der Waals surface area contributed by atoms with Crippen molar-refractivity contribution in [3.05, 3.63) is 52.5 Å². The molecule has 31 heavy (non-hydrogen) atoms. The van der Waals surface area contributed by atoms with E-state index in [2.05, 4.69) is 20.0 Å². The van der Waals surface area contributed by atoms with Gasteiger partial charge in [0.2, 0.25) is 5.91 Å². The predicted molar refractivity (Wildman–Crippen MR) is 106 cm³/mol. The summed E-state index contributed by atoms with van der Waals surface area (Å²) in [6.07, 6.45) is 1.56. The molecule has 0 aliphatic heterocycles. The Bertz CT molecular complexity index is 913. The van der Waals surface area contributed by atoms with Crippen LogP contribution in [0.15, 0.2) is 41.5 Å². The molecule has 0 atom stereocenters. The van der Waals surface area contributed by atoms with Crippen LogP contribution in [0.25, 0.3) is 0 Å². The number of halogens is 5. The van der Waals surface area contributed by atoms with Crippen LogP contribution < -0.4 is 19.6 Å². The van der Waals surface area contributed by atoms with Gasteiger partial charge in [-0.15, -0.1) is 0 Å². The first kappa shape index (κ1) is 24.3. The summed E-state index contributed by atoms with van der Waals surface area (Å²) in [4.78, 5) is 11.8. The highest BCUT2D eigenvalue weighted by molar-refractivity contribution is 6.31. The van der Waals surface area contributed by atoms with E-state index < -0.39 is 24.9 Å². The maximum Gasteiger partial charge on any atom is 0.387 e. The highest BCUT2D eigenvalue weighted by Crippen LogP contribution is 2.26. The lowest BCUT2D eigenvalue weighted by Crippen LogP contribution is -2.18. The van der Waals surface area contributed by atoms with E-state index in [-0.39, 0.29) is 24.3 Å². The zero-order valence-corrected chi connectivity index (χ0v) is 17.0. The van der Waals surface area contributed by atoms with E-state index >= 15 is 0 Å². The molecule has 1 amide bonds. The third-order valence-electron chi connectivity index (χ3n) is 3.77. The first-order valence-electron chi connectivity index (χ1n) is 8.99. The molecular formula is C20H19ClF4N2O4. The smallest absolute Gasteiger partial charge is 0.387 e. The van der Waals surface area contributed by atoms with Crippen molar-refractivity contribution >= 4 is 23.7 Å². The molecule has 0 aromatic heterocycles. The Morgan fingerprint density at radius 1 is 1.10 bits per heavy atom. The maximum absolute atomic E-state index is 12.5. The van der Waals surface area contributed by atoms with Gasteiger partial charge in [-0.3, -0.25) is 4.79 Å². The molecule has 0 aliphatic rings. The Morgan fingerprint density at radius 3 is 2.48 bits per heavy atom. The first-order chi connectivity index (χ1) is 14.7. The molecule has 0 radical (unpaired) electrons. The standard InChI is InChI=1S/C20H19ClF4N2O4/c1-12-9-14(6-7-16(12)21)29-8-2-3-18(28)27-26-11-13-4-5-15(30-19(22)23)10-17(13)31-20(24)25/h4-7,9-11,19-20H,2-3,8H2,1H3,(H,27,28)/b26-11-. The number of hydrazone groups is 1. The molecule has 11 heteroatoms. The summed E-state index contributed by atoms with van der Waals surface area (Å²) in [6.45, 7) is -4.17. The average Bonchev–Trinajstić information content (AvgIpc) is 2.68. The fourth-order valence-corrected chi connectivity index (χ4v) is 2.47. The molecule has 0 bridgehead atoms. The number of carbonyl (C=O) groups excluding carboxylic acids is 1. The molecular weight excluding hydrogens is 444 g/mol. The Kier molecular flexibility index (Phi) is 9.39. The van der Waals surface area contributed by atoms with Gasteiger partial charge >= 0.3 is 13.2 Å². The molecule has 2 rings (SSSR count). The van der Waals surface area contributed by atoms with Gasteiger partial charge in [-0.25, -0.2) is 5.43 Å². The van der Waals surface area contributed by atoms with Crippen molar-refractivity contribution in [3.63, 3.8) is 0 Å². The van der Waals surface area contributed by atoms with Crippen molar-refractivity contribution in [2.24, 2.45) is 5.10 Å². The number of hydrogen-bond donors (Lipinski definition) is 1. The van der Waals surface area contributed by atoms with Crippen molar-refractivity contribution in [1.29, 1.82) is 0 Å². The number of rotatable bonds is 11. The Hall–Kier alpha value is -3.01. The SMILES string of the molecule is Cc1cc(OCCCC(=O)N/N=C\c2ccc(OC(F)F)cc2OC(F)F)ccc1Cl. The van der Waals surface area contributed by atoms with Gasteiger partial charge in [0.1, 0.15) is 17.2 Å². The van der Waals surface area contributed by atoms with E-state index in [1.165, 1.54) is 6.07 Å². The molecule has 0 fully saturated rings. The number of amides is 1. The topological polar surface area (TPSA) is 69.2 Å². The summed E-state index contributed by atoms with van der Waals surface area (Å²) in [5.41, 5.74) is 3.14. The number of nitrogens with one attached hydrogen (secondary N) is 1. The summed E-state index contributed by atoms with van der Waals surface area (Å²) in [5.74, 6) is -0.590. The quantitative estimate of drug-likeness (QED) is 0.217. The lowest BCUT2D eigenvalue weighted by Gasteiger charge is -2.10. The predicted octanol–water partition coefficient (Wildman–Crippen LogP) is 5.16. The third-order valence-corrected chi connectivity index (χ3v) is 4.19. The second-order valence-corrected chi connectivity index (χ2v) is 6.52. The van der Waals surface area contributed by atoms with Crippen molar-refractivity contribution in [2.75, 3.05) is 6.61 Å². The van der Waals surface area contributed by atoms with E-state index in [0.717, 1.165) is 23.9 Å². The lowest BCUT2D eigenvalue weighted by molar-refractivity contribution is -0.121. The highest BCUT2D eigenvalue weighted by atomic mass is 35.5. The number of ether oxygens (including phenoxy) is 3. The van der Waals surface area contributed by atoms with Crippen LogP contribution in [-0.2, 0) is 4.79 Å². The van der Waals surface area contributed by atoms with Crippen LogP contribution in [0.5, 0.6) is 17.2 Å². The van der Waals surface area contributed by atoms with E-state index in [4.69, 9.17) is 16.3 Å². The zero-order valence-electron chi connectivity index (χ0n) is 16.3. The molecule has 0 saturated carbocycles. The Labute approximate surface area is 180 Å². The summed E-state index contributed by atoms with van der Waals surface area (Å²) in [7, 11) is 0. The minimum Gasteiger partial charge on any atom is -0.494 e. The van der Waals surface area contributed by atoms with Crippen LogP contribution in [-0.4, -0.2) is 32.0 Å². The molecule has 0 heterocycles. The van der Waals surface area contributed by atoms with Crippen LogP contribution in [0, 0.1) is 6.92 Å². The highest BCUT2D eigenvalue weighted by Gasteiger charge is 2.12. The van der Waals surface area contributed by atoms with E-state index in [9.17, 15) is 22.4 Å². The van der Waals surface area contributed by atoms with Crippen molar-refractivity contribution < 1.29 is 36.6 Å². The van der Waals surface area contributed by atoms with Crippen LogP contribution >= 0.6 is 11.6 Å². The third kappa shape index (κ3) is 8.71. The summed E-state index contributed by atoms with van der Waals surface area (Å²) in [5, 5.41) is 4.29. The van der Waals surface area contributed by atoms with E-state index in [1.807, 2.05) is 6.92 Å². The molecule has 6 nitrogen and oxygen atoms in total. The van der Waals surface area contributed by atoms with Crippen molar-refractivity contribution in [2.45, 2.75) is 33.0 Å². The average molecular weight is 463 g/mol. The molecule has 0 saturated heterocycles. The minimum atomic E-state index is -3.19. The van der Waals surface area contributed by atoms with E-state index in [0.29, 0.717) is 17.2 Å². The van der Waals surface area contributed by atoms with Gasteiger partial charge in [0.05, 0.1) is 12.8 Å². The second kappa shape index (κ2) is 12.0. The van der Waals surface area contributed by atoms with Gasteiger partial charge in [-0.1, -0.05) is 11.6 Å². The number of benzene rings is 2. The van der Waals surface area contributed by atoms with Crippen LogP contribution in [0.2, 0.25) is 5.02 Å². The molecule has 1 N–H and O–H groups in total. The molecule has 0 spiro atoms. The van der Waals surface area contributed by atoms with Gasteiger partial charge in [0.15, 0.2) is 0 Å². The molecule has 0 aliphatic carbocycles. The fourth-order valence-electron chi connectivity index (χ4n) is 2.35. The maximum atomic E-state index is 12.5. The molecule has 2 aromatic carbocycles. The molecule has 2 aromatic rings. The number of nitrogens with zero attached hydrogens (tertiary/aromatic N) is 1. The first-order valence-corrected chi connectivity index (χ1v) is 9.37. The zero-order chi connectivity index (χ0) is 22.8. The number of hydrogen-bond acceptors (Lipinski definition) is 5. The summed E-state index contributed by atoms with van der Waals surface area (Å²) in [6, 6.07) is 8.40. The van der Waals surface area contributed by atoms with E-state index in [1.54, 1.807) is 18.2 Å². The number of aryl methyl sites for hydroxylation is 1. The van der Waals surface area contributed by atoms with Crippen LogP contribution in [0.4, 0.5) is 17.6 Å². The minimum absolute atomic E-state index is 0.0312.